The van der Waals surface area contributed by atoms with E-state index >= 15 is 0 Å². The number of ether oxygens (including phenoxy) is 2. The molecule has 3 saturated heterocycles. The Hall–Kier alpha value is -2.32. The molecular formula is C25H37N5O2S. The van der Waals surface area contributed by atoms with Gasteiger partial charge in [-0.15, -0.1) is 0 Å². The van der Waals surface area contributed by atoms with Gasteiger partial charge < -0.3 is 20.1 Å². The Kier molecular flexibility index (Phi) is 7.44. The summed E-state index contributed by atoms with van der Waals surface area (Å²) >= 11 is 5.46. The average molecular weight is 472 g/mol. The summed E-state index contributed by atoms with van der Waals surface area (Å²) in [4.78, 5) is 2.63. The maximum atomic E-state index is 5.48. The van der Waals surface area contributed by atoms with Gasteiger partial charge in [-0.05, 0) is 67.7 Å². The normalized spacial score (nSPS) is 24.1. The first-order chi connectivity index (χ1) is 15.9. The van der Waals surface area contributed by atoms with Crippen molar-refractivity contribution in [2.75, 3.05) is 40.4 Å². The third-order valence-electron chi connectivity index (χ3n) is 7.02. The summed E-state index contributed by atoms with van der Waals surface area (Å²) in [7, 11) is 5.38. The Balaban J connectivity index is 1.42. The van der Waals surface area contributed by atoms with Crippen LogP contribution in [0.15, 0.2) is 24.3 Å². The molecule has 5 rings (SSSR count). The number of thiocarbonyl (C=S) groups is 1. The van der Waals surface area contributed by atoms with Crippen LogP contribution in [0.4, 0.5) is 0 Å². The minimum absolute atomic E-state index is 0.507. The number of fused-ring (bicyclic) bond motifs is 3. The highest BCUT2D eigenvalue weighted by molar-refractivity contribution is 7.80. The van der Waals surface area contributed by atoms with Gasteiger partial charge in [-0.1, -0.05) is 13.8 Å². The maximum Gasteiger partial charge on any atom is 0.166 e. The van der Waals surface area contributed by atoms with Gasteiger partial charge in [0, 0.05) is 49.9 Å². The van der Waals surface area contributed by atoms with Crippen LogP contribution in [-0.2, 0) is 7.05 Å². The van der Waals surface area contributed by atoms with Gasteiger partial charge in [0.2, 0.25) is 0 Å². The van der Waals surface area contributed by atoms with E-state index in [0.29, 0.717) is 23.8 Å². The number of rotatable bonds is 8. The summed E-state index contributed by atoms with van der Waals surface area (Å²) in [5.41, 5.74) is 3.33. The summed E-state index contributed by atoms with van der Waals surface area (Å²) in [6.07, 6.45) is 2.44. The fourth-order valence-electron chi connectivity index (χ4n) is 5.22. The van der Waals surface area contributed by atoms with Crippen LogP contribution in [0.5, 0.6) is 11.5 Å². The van der Waals surface area contributed by atoms with Crippen molar-refractivity contribution in [3.05, 3.63) is 30.0 Å². The lowest BCUT2D eigenvalue weighted by Crippen LogP contribution is -2.56. The van der Waals surface area contributed by atoms with Gasteiger partial charge in [0.1, 0.15) is 0 Å². The van der Waals surface area contributed by atoms with Crippen molar-refractivity contribution in [1.82, 2.24) is 25.3 Å². The SMILES string of the molecule is COc1ccc(-c2cc(C3CN4CCC3CC4CNC(=S)NCC(C)C)n(C)n2)cc1OC. The third-order valence-corrected chi connectivity index (χ3v) is 7.31. The van der Waals surface area contributed by atoms with Crippen molar-refractivity contribution in [1.29, 1.82) is 0 Å². The molecule has 180 valence electrons. The van der Waals surface area contributed by atoms with Crippen LogP contribution in [0, 0.1) is 11.8 Å². The molecule has 3 aliphatic heterocycles. The minimum Gasteiger partial charge on any atom is -0.493 e. The number of piperidine rings is 3. The van der Waals surface area contributed by atoms with Crippen LogP contribution in [0.25, 0.3) is 11.3 Å². The topological polar surface area (TPSA) is 63.6 Å². The molecule has 0 amide bonds. The predicted octanol–water partition coefficient (Wildman–Crippen LogP) is 3.40. The first kappa shape index (κ1) is 23.8. The molecule has 1 aromatic heterocycles. The summed E-state index contributed by atoms with van der Waals surface area (Å²) in [5.74, 6) is 3.22. The molecule has 3 aliphatic rings. The molecule has 33 heavy (non-hydrogen) atoms. The molecule has 7 nitrogen and oxygen atoms in total. The smallest absolute Gasteiger partial charge is 0.166 e. The fraction of sp³-hybridized carbons (Fsp3) is 0.600. The number of benzene rings is 1. The molecule has 0 saturated carbocycles. The number of nitrogens with one attached hydrogen (secondary N) is 2. The number of aryl methyl sites for hydroxylation is 1. The Bertz CT molecular complexity index is 976. The first-order valence-corrected chi connectivity index (χ1v) is 12.3. The third kappa shape index (κ3) is 5.27. The molecule has 2 N–H and O–H groups in total. The summed E-state index contributed by atoms with van der Waals surface area (Å²) < 4.78 is 12.9. The number of nitrogens with zero attached hydrogens (tertiary/aromatic N) is 3. The van der Waals surface area contributed by atoms with Crippen molar-refractivity contribution >= 4 is 17.3 Å². The van der Waals surface area contributed by atoms with Crippen molar-refractivity contribution in [2.24, 2.45) is 18.9 Å². The Morgan fingerprint density at radius 2 is 1.97 bits per heavy atom. The molecule has 4 atom stereocenters. The van der Waals surface area contributed by atoms with Crippen LogP contribution in [-0.4, -0.2) is 66.2 Å². The minimum atomic E-state index is 0.507. The van der Waals surface area contributed by atoms with E-state index in [1.54, 1.807) is 14.2 Å². The molecule has 0 radical (unpaired) electrons. The van der Waals surface area contributed by atoms with E-state index < -0.39 is 0 Å². The molecule has 0 aliphatic carbocycles. The predicted molar refractivity (Wildman–Crippen MR) is 136 cm³/mol. The molecule has 1 aromatic carbocycles. The highest BCUT2D eigenvalue weighted by Gasteiger charge is 2.41. The number of aromatic nitrogens is 2. The average Bonchev–Trinajstić information content (AvgIpc) is 3.22. The lowest BCUT2D eigenvalue weighted by Gasteiger charge is -2.50. The van der Waals surface area contributed by atoms with E-state index in [4.69, 9.17) is 26.8 Å². The number of hydrogen-bond donors (Lipinski definition) is 2. The molecule has 4 unspecified atom stereocenters. The molecule has 8 heteroatoms. The van der Waals surface area contributed by atoms with Crippen molar-refractivity contribution in [2.45, 2.75) is 38.6 Å². The van der Waals surface area contributed by atoms with Gasteiger partial charge in [0.25, 0.3) is 0 Å². The summed E-state index contributed by atoms with van der Waals surface area (Å²) in [6, 6.07) is 8.78. The molecule has 0 spiro atoms. The Morgan fingerprint density at radius 1 is 1.18 bits per heavy atom. The van der Waals surface area contributed by atoms with E-state index in [2.05, 4.69) is 47.2 Å². The zero-order valence-electron chi connectivity index (χ0n) is 20.4. The molecule has 3 fully saturated rings. The van der Waals surface area contributed by atoms with Gasteiger partial charge >= 0.3 is 0 Å². The zero-order valence-corrected chi connectivity index (χ0v) is 21.2. The second-order valence-corrected chi connectivity index (χ2v) is 10.1. The monoisotopic (exact) mass is 471 g/mol. The Labute approximate surface area is 202 Å². The maximum absolute atomic E-state index is 5.48. The lowest BCUT2D eigenvalue weighted by atomic mass is 9.74. The fourth-order valence-corrected chi connectivity index (χ4v) is 5.39. The highest BCUT2D eigenvalue weighted by Crippen LogP contribution is 2.42. The van der Waals surface area contributed by atoms with Crippen LogP contribution in [0.3, 0.4) is 0 Å². The van der Waals surface area contributed by atoms with E-state index in [1.807, 2.05) is 18.2 Å². The molecule has 2 aromatic rings. The van der Waals surface area contributed by atoms with Crippen LogP contribution in [0.1, 0.15) is 38.3 Å². The molecule has 4 heterocycles. The summed E-state index contributed by atoms with van der Waals surface area (Å²) in [5, 5.41) is 12.4. The Morgan fingerprint density at radius 3 is 2.64 bits per heavy atom. The second kappa shape index (κ2) is 10.3. The van der Waals surface area contributed by atoms with Gasteiger partial charge in [-0.2, -0.15) is 5.10 Å². The van der Waals surface area contributed by atoms with Gasteiger partial charge in [-0.25, -0.2) is 0 Å². The van der Waals surface area contributed by atoms with Crippen LogP contribution < -0.4 is 20.1 Å². The highest BCUT2D eigenvalue weighted by atomic mass is 32.1. The largest absolute Gasteiger partial charge is 0.493 e. The van der Waals surface area contributed by atoms with E-state index in [1.165, 1.54) is 25.1 Å². The zero-order chi connectivity index (χ0) is 23.5. The molecular weight excluding hydrogens is 434 g/mol. The second-order valence-electron chi connectivity index (χ2n) is 9.67. The van der Waals surface area contributed by atoms with Crippen LogP contribution >= 0.6 is 12.2 Å². The van der Waals surface area contributed by atoms with Crippen molar-refractivity contribution in [3.8, 4) is 22.8 Å². The molecule has 2 bridgehead atoms. The van der Waals surface area contributed by atoms with E-state index in [0.717, 1.165) is 47.5 Å². The van der Waals surface area contributed by atoms with E-state index in [-0.39, 0.29) is 0 Å². The standard InChI is InChI=1S/C25H37N5O2S/c1-16(2)13-26-25(33)27-14-19-10-17-8-9-30(19)15-20(17)22-12-21(28-29(22)3)18-6-7-23(31-4)24(11-18)32-5/h6-7,11-12,16-17,19-20H,8-10,13-15H2,1-5H3,(H2,26,27,33). The van der Waals surface area contributed by atoms with Gasteiger partial charge in [-0.3, -0.25) is 9.58 Å². The van der Waals surface area contributed by atoms with Crippen molar-refractivity contribution in [3.63, 3.8) is 0 Å². The first-order valence-electron chi connectivity index (χ1n) is 11.9. The van der Waals surface area contributed by atoms with Gasteiger partial charge in [0.05, 0.1) is 19.9 Å². The quantitative estimate of drug-likeness (QED) is 0.572. The van der Waals surface area contributed by atoms with Crippen molar-refractivity contribution < 1.29 is 9.47 Å². The number of methoxy groups -OCH3 is 2. The van der Waals surface area contributed by atoms with Gasteiger partial charge in [0.15, 0.2) is 16.6 Å². The van der Waals surface area contributed by atoms with Crippen LogP contribution in [0.2, 0.25) is 0 Å². The van der Waals surface area contributed by atoms with E-state index in [9.17, 15) is 0 Å². The summed E-state index contributed by atoms with van der Waals surface area (Å²) in [6.45, 7) is 8.45. The lowest BCUT2D eigenvalue weighted by molar-refractivity contribution is 0.0303. The number of hydrogen-bond acceptors (Lipinski definition) is 5.